The number of hydrogen-bond donors (Lipinski definition) is 0. The molecule has 0 unspecified atom stereocenters. The summed E-state index contributed by atoms with van der Waals surface area (Å²) >= 11 is 0. The number of carbonyl (C=O) groups excluding carboxylic acids is 2. The summed E-state index contributed by atoms with van der Waals surface area (Å²) in [5, 5.41) is 0. The zero-order valence-corrected chi connectivity index (χ0v) is 17.8. The van der Waals surface area contributed by atoms with Gasteiger partial charge in [0.05, 0.1) is 0 Å². The SMILES string of the molecule is C=CCCC(=O)O[C@H]1CC[C@H]([C@H]2CC[C@H](c3ccc(C(=O)C(F)(F)F)cc3)CC2)CC1. The summed E-state index contributed by atoms with van der Waals surface area (Å²) < 4.78 is 43.3. The van der Waals surface area contributed by atoms with Crippen LogP contribution >= 0.6 is 0 Å². The average Bonchev–Trinajstić information content (AvgIpc) is 2.77. The molecule has 1 aromatic rings. The van der Waals surface area contributed by atoms with Crippen molar-refractivity contribution < 1.29 is 27.5 Å². The Morgan fingerprint density at radius 1 is 0.935 bits per heavy atom. The standard InChI is InChI=1S/C25H31F3O3/c1-2-3-4-23(29)31-22-15-13-20(14-16-22)18-7-5-17(6-8-18)19-9-11-21(12-10-19)24(30)25(26,27)28/h2,9-12,17-18,20,22H,1,3-8,13-16H2/t17-,18-,20-,22-. The van der Waals surface area contributed by atoms with E-state index in [1.165, 1.54) is 12.1 Å². The minimum atomic E-state index is -4.83. The van der Waals surface area contributed by atoms with Crippen molar-refractivity contribution in [2.24, 2.45) is 11.8 Å². The van der Waals surface area contributed by atoms with Gasteiger partial charge in [-0.15, -0.1) is 6.58 Å². The highest BCUT2D eigenvalue weighted by Gasteiger charge is 2.39. The number of carbonyl (C=O) groups is 2. The van der Waals surface area contributed by atoms with Crippen LogP contribution in [-0.4, -0.2) is 24.0 Å². The van der Waals surface area contributed by atoms with Gasteiger partial charge in [0.25, 0.3) is 5.78 Å². The molecule has 2 saturated carbocycles. The molecule has 0 aliphatic heterocycles. The molecule has 2 fully saturated rings. The highest BCUT2D eigenvalue weighted by molar-refractivity contribution is 6.00. The Kier molecular flexibility index (Phi) is 7.95. The van der Waals surface area contributed by atoms with E-state index in [2.05, 4.69) is 6.58 Å². The van der Waals surface area contributed by atoms with Crippen LogP contribution in [-0.2, 0) is 9.53 Å². The Bertz CT molecular complexity index is 753. The van der Waals surface area contributed by atoms with Gasteiger partial charge in [0.15, 0.2) is 0 Å². The second-order valence-corrected chi connectivity index (χ2v) is 8.91. The second-order valence-electron chi connectivity index (χ2n) is 8.91. The number of halogens is 3. The lowest BCUT2D eigenvalue weighted by Crippen LogP contribution is -2.29. The number of esters is 1. The Hall–Kier alpha value is -2.11. The molecule has 3 rings (SSSR count). The predicted molar refractivity (Wildman–Crippen MR) is 113 cm³/mol. The van der Waals surface area contributed by atoms with Gasteiger partial charge in [0, 0.05) is 12.0 Å². The molecule has 0 atom stereocenters. The fourth-order valence-corrected chi connectivity index (χ4v) is 5.14. The zero-order valence-electron chi connectivity index (χ0n) is 17.8. The first-order valence-corrected chi connectivity index (χ1v) is 11.3. The van der Waals surface area contributed by atoms with Gasteiger partial charge in [-0.1, -0.05) is 30.3 Å². The van der Waals surface area contributed by atoms with E-state index in [1.807, 2.05) is 0 Å². The van der Waals surface area contributed by atoms with E-state index in [0.29, 0.717) is 30.6 Å². The second kappa shape index (κ2) is 10.5. The van der Waals surface area contributed by atoms with Gasteiger partial charge in [-0.25, -0.2) is 0 Å². The van der Waals surface area contributed by atoms with Crippen LogP contribution in [0.15, 0.2) is 36.9 Å². The van der Waals surface area contributed by atoms with Crippen LogP contribution in [0.25, 0.3) is 0 Å². The van der Waals surface area contributed by atoms with Gasteiger partial charge in [-0.3, -0.25) is 9.59 Å². The highest BCUT2D eigenvalue weighted by Crippen LogP contribution is 2.43. The molecule has 0 radical (unpaired) electrons. The number of hydrogen-bond acceptors (Lipinski definition) is 3. The van der Waals surface area contributed by atoms with Gasteiger partial charge >= 0.3 is 12.1 Å². The van der Waals surface area contributed by atoms with E-state index in [-0.39, 0.29) is 17.6 Å². The summed E-state index contributed by atoms with van der Waals surface area (Å²) in [6.45, 7) is 3.62. The number of Topliss-reactive ketones (excluding diaryl/α,β-unsaturated/α-hetero) is 1. The number of ether oxygens (including phenoxy) is 1. The molecule has 170 valence electrons. The Morgan fingerprint density at radius 2 is 1.48 bits per heavy atom. The molecule has 6 heteroatoms. The Labute approximate surface area is 182 Å². The van der Waals surface area contributed by atoms with Gasteiger partial charge in [-0.2, -0.15) is 13.2 Å². The zero-order chi connectivity index (χ0) is 22.4. The maximum Gasteiger partial charge on any atom is 0.454 e. The number of rotatable bonds is 7. The third-order valence-corrected chi connectivity index (χ3v) is 6.91. The maximum absolute atomic E-state index is 12.6. The molecule has 0 heterocycles. The van der Waals surface area contributed by atoms with E-state index < -0.39 is 12.0 Å². The van der Waals surface area contributed by atoms with Gasteiger partial charge < -0.3 is 4.74 Å². The van der Waals surface area contributed by atoms with Gasteiger partial charge in [0.2, 0.25) is 0 Å². The molecule has 1 aromatic carbocycles. The van der Waals surface area contributed by atoms with Crippen molar-refractivity contribution in [3.8, 4) is 0 Å². The number of allylic oxidation sites excluding steroid dienone is 1. The first-order valence-electron chi connectivity index (χ1n) is 11.3. The molecule has 0 bridgehead atoms. The molecule has 0 saturated heterocycles. The van der Waals surface area contributed by atoms with Crippen LogP contribution in [0.4, 0.5) is 13.2 Å². The monoisotopic (exact) mass is 436 g/mol. The molecule has 0 amide bonds. The maximum atomic E-state index is 12.6. The molecule has 0 spiro atoms. The van der Waals surface area contributed by atoms with Crippen LogP contribution in [0.3, 0.4) is 0 Å². The van der Waals surface area contributed by atoms with E-state index in [4.69, 9.17) is 4.74 Å². The largest absolute Gasteiger partial charge is 0.462 e. The van der Waals surface area contributed by atoms with Crippen LogP contribution in [0, 0.1) is 11.8 Å². The summed E-state index contributed by atoms with van der Waals surface area (Å²) in [6, 6.07) is 5.95. The topological polar surface area (TPSA) is 43.4 Å². The van der Waals surface area contributed by atoms with Crippen molar-refractivity contribution in [3.63, 3.8) is 0 Å². The molecule has 3 nitrogen and oxygen atoms in total. The normalized spacial score (nSPS) is 26.8. The van der Waals surface area contributed by atoms with Crippen molar-refractivity contribution in [2.75, 3.05) is 0 Å². The molecule has 31 heavy (non-hydrogen) atoms. The van der Waals surface area contributed by atoms with E-state index in [0.717, 1.165) is 56.9 Å². The van der Waals surface area contributed by atoms with Crippen molar-refractivity contribution in [1.82, 2.24) is 0 Å². The minimum Gasteiger partial charge on any atom is -0.462 e. The molecular weight excluding hydrogens is 405 g/mol. The van der Waals surface area contributed by atoms with Gasteiger partial charge in [-0.05, 0) is 81.1 Å². The number of alkyl halides is 3. The van der Waals surface area contributed by atoms with Crippen molar-refractivity contribution in [2.45, 2.75) is 82.4 Å². The van der Waals surface area contributed by atoms with Crippen LogP contribution in [0.5, 0.6) is 0 Å². The minimum absolute atomic E-state index is 0.0443. The summed E-state index contributed by atoms with van der Waals surface area (Å²) in [7, 11) is 0. The lowest BCUT2D eigenvalue weighted by Gasteiger charge is -2.37. The fourth-order valence-electron chi connectivity index (χ4n) is 5.14. The third kappa shape index (κ3) is 6.44. The molecule has 2 aliphatic rings. The first-order chi connectivity index (χ1) is 14.8. The van der Waals surface area contributed by atoms with E-state index in [9.17, 15) is 22.8 Å². The molecule has 0 aromatic heterocycles. The van der Waals surface area contributed by atoms with Crippen molar-refractivity contribution >= 4 is 11.8 Å². The molecular formula is C25H31F3O3. The summed E-state index contributed by atoms with van der Waals surface area (Å²) in [6.07, 6.45) is 6.30. The van der Waals surface area contributed by atoms with E-state index in [1.54, 1.807) is 18.2 Å². The summed E-state index contributed by atoms with van der Waals surface area (Å²) in [5.74, 6) is -0.249. The predicted octanol–water partition coefficient (Wildman–Crippen LogP) is 6.77. The van der Waals surface area contributed by atoms with Crippen molar-refractivity contribution in [3.05, 3.63) is 48.0 Å². The lowest BCUT2D eigenvalue weighted by molar-refractivity contribution is -0.151. The summed E-state index contributed by atoms with van der Waals surface area (Å²) in [5.41, 5.74) is 0.721. The third-order valence-electron chi connectivity index (χ3n) is 6.91. The Balaban J connectivity index is 1.43. The van der Waals surface area contributed by atoms with Crippen LogP contribution < -0.4 is 0 Å². The number of benzene rings is 1. The van der Waals surface area contributed by atoms with Crippen LogP contribution in [0.2, 0.25) is 0 Å². The summed E-state index contributed by atoms with van der Waals surface area (Å²) in [4.78, 5) is 23.1. The molecule has 0 N–H and O–H groups in total. The quantitative estimate of drug-likeness (QED) is 0.269. The first kappa shape index (κ1) is 23.6. The van der Waals surface area contributed by atoms with E-state index >= 15 is 0 Å². The van der Waals surface area contributed by atoms with Crippen LogP contribution in [0.1, 0.15) is 86.0 Å². The smallest absolute Gasteiger partial charge is 0.454 e. The average molecular weight is 437 g/mol. The highest BCUT2D eigenvalue weighted by atomic mass is 19.4. The Morgan fingerprint density at radius 3 is 2.00 bits per heavy atom. The number of ketones is 1. The van der Waals surface area contributed by atoms with Crippen molar-refractivity contribution in [1.29, 1.82) is 0 Å². The fraction of sp³-hybridized carbons (Fsp3) is 0.600. The van der Waals surface area contributed by atoms with Gasteiger partial charge in [0.1, 0.15) is 6.10 Å². The lowest BCUT2D eigenvalue weighted by atomic mass is 9.69. The molecule has 2 aliphatic carbocycles.